The number of para-hydroxylation sites is 1. The van der Waals surface area contributed by atoms with Crippen molar-refractivity contribution in [1.82, 2.24) is 15.6 Å². The van der Waals surface area contributed by atoms with Crippen LogP contribution < -0.4 is 10.6 Å². The predicted molar refractivity (Wildman–Crippen MR) is 93.9 cm³/mol. The van der Waals surface area contributed by atoms with Gasteiger partial charge < -0.3 is 10.6 Å². The lowest BCUT2D eigenvalue weighted by molar-refractivity contribution is -0.122. The number of fused-ring (bicyclic) bond motifs is 1. The van der Waals surface area contributed by atoms with Gasteiger partial charge >= 0.3 is 0 Å². The highest BCUT2D eigenvalue weighted by molar-refractivity contribution is 6.07. The third-order valence-corrected chi connectivity index (χ3v) is 4.27. The third-order valence-electron chi connectivity index (χ3n) is 4.27. The first-order valence-electron chi connectivity index (χ1n) is 8.58. The van der Waals surface area contributed by atoms with Crippen molar-refractivity contribution in [2.24, 2.45) is 0 Å². The van der Waals surface area contributed by atoms with Gasteiger partial charge in [0.15, 0.2) is 0 Å². The highest BCUT2D eigenvalue weighted by atomic mass is 16.2. The van der Waals surface area contributed by atoms with Gasteiger partial charge in [-0.2, -0.15) is 0 Å². The van der Waals surface area contributed by atoms with Gasteiger partial charge in [0.05, 0.1) is 11.1 Å². The number of rotatable bonds is 6. The summed E-state index contributed by atoms with van der Waals surface area (Å²) in [5, 5.41) is 6.42. The van der Waals surface area contributed by atoms with Crippen molar-refractivity contribution in [1.29, 1.82) is 0 Å². The van der Waals surface area contributed by atoms with Crippen molar-refractivity contribution < 1.29 is 9.59 Å². The molecule has 1 aliphatic carbocycles. The zero-order valence-electron chi connectivity index (χ0n) is 14.1. The zero-order valence-corrected chi connectivity index (χ0v) is 14.1. The fourth-order valence-corrected chi connectivity index (χ4v) is 2.71. The molecule has 126 valence electrons. The molecule has 0 saturated heterocycles. The van der Waals surface area contributed by atoms with Gasteiger partial charge in [0.2, 0.25) is 5.91 Å². The predicted octanol–water partition coefficient (Wildman–Crippen LogP) is 2.76. The van der Waals surface area contributed by atoms with Crippen molar-refractivity contribution in [3.8, 4) is 0 Å². The van der Waals surface area contributed by atoms with E-state index < -0.39 is 6.04 Å². The summed E-state index contributed by atoms with van der Waals surface area (Å²) in [5.41, 5.74) is 2.40. The minimum Gasteiger partial charge on any atom is -0.354 e. The molecule has 24 heavy (non-hydrogen) atoms. The Kier molecular flexibility index (Phi) is 4.79. The monoisotopic (exact) mass is 325 g/mol. The Hall–Kier alpha value is -2.43. The van der Waals surface area contributed by atoms with E-state index in [1.807, 2.05) is 37.3 Å². The second kappa shape index (κ2) is 6.99. The summed E-state index contributed by atoms with van der Waals surface area (Å²) in [7, 11) is 0. The molecular weight excluding hydrogens is 302 g/mol. The van der Waals surface area contributed by atoms with Gasteiger partial charge in [0, 0.05) is 23.5 Å². The lowest BCUT2D eigenvalue weighted by atomic mass is 10.0. The van der Waals surface area contributed by atoms with E-state index in [1.165, 1.54) is 0 Å². The lowest BCUT2D eigenvalue weighted by Gasteiger charge is -2.15. The van der Waals surface area contributed by atoms with Gasteiger partial charge in [-0.25, -0.2) is 0 Å². The first-order valence-corrected chi connectivity index (χ1v) is 8.58. The standard InChI is InChI=1S/C19H23N3O2/c1-3-10-20-18(23)12(2)21-19(24)15-11-17(13-8-9-13)22-16-7-5-4-6-14(15)16/h4-7,11-13H,3,8-10H2,1-2H3,(H,20,23)(H,21,24). The number of hydrogen-bond donors (Lipinski definition) is 2. The minimum absolute atomic E-state index is 0.161. The van der Waals surface area contributed by atoms with Gasteiger partial charge in [0.1, 0.15) is 6.04 Å². The summed E-state index contributed by atoms with van der Waals surface area (Å²) in [5.74, 6) is 0.0760. The number of amides is 2. The van der Waals surface area contributed by atoms with Crippen LogP contribution in [0.3, 0.4) is 0 Å². The maximum absolute atomic E-state index is 12.7. The van der Waals surface area contributed by atoms with Crippen LogP contribution in [0.1, 0.15) is 55.1 Å². The average molecular weight is 325 g/mol. The molecule has 0 spiro atoms. The summed E-state index contributed by atoms with van der Waals surface area (Å²) in [6, 6.07) is 8.96. The summed E-state index contributed by atoms with van der Waals surface area (Å²) in [6.45, 7) is 4.31. The Balaban J connectivity index is 1.84. The summed E-state index contributed by atoms with van der Waals surface area (Å²) in [4.78, 5) is 29.4. The first-order chi connectivity index (χ1) is 11.6. The van der Waals surface area contributed by atoms with Crippen LogP contribution >= 0.6 is 0 Å². The normalized spacial score (nSPS) is 15.1. The molecule has 3 rings (SSSR count). The van der Waals surface area contributed by atoms with E-state index in [4.69, 9.17) is 0 Å². The number of carbonyl (C=O) groups excluding carboxylic acids is 2. The molecule has 5 nitrogen and oxygen atoms in total. The molecular formula is C19H23N3O2. The summed E-state index contributed by atoms with van der Waals surface area (Å²) < 4.78 is 0. The lowest BCUT2D eigenvalue weighted by Crippen LogP contribution is -2.45. The number of aromatic nitrogens is 1. The van der Waals surface area contributed by atoms with Crippen LogP contribution in [-0.4, -0.2) is 29.4 Å². The molecule has 1 aliphatic rings. The number of nitrogens with one attached hydrogen (secondary N) is 2. The van der Waals surface area contributed by atoms with Gasteiger partial charge in [-0.15, -0.1) is 0 Å². The average Bonchev–Trinajstić information content (AvgIpc) is 3.43. The van der Waals surface area contributed by atoms with Crippen molar-refractivity contribution in [2.75, 3.05) is 6.54 Å². The van der Waals surface area contributed by atoms with Crippen LogP contribution in [0.4, 0.5) is 0 Å². The quantitative estimate of drug-likeness (QED) is 0.858. The molecule has 0 radical (unpaired) electrons. The van der Waals surface area contributed by atoms with E-state index in [0.29, 0.717) is 18.0 Å². The highest BCUT2D eigenvalue weighted by Crippen LogP contribution is 2.40. The SMILES string of the molecule is CCCNC(=O)C(C)NC(=O)c1cc(C2CC2)nc2ccccc12. The maximum Gasteiger partial charge on any atom is 0.252 e. The van der Waals surface area contributed by atoms with Crippen LogP contribution in [0, 0.1) is 0 Å². The molecule has 1 unspecified atom stereocenters. The Labute approximate surface area is 141 Å². The van der Waals surface area contributed by atoms with Crippen LogP contribution in [-0.2, 0) is 4.79 Å². The molecule has 1 aromatic carbocycles. The topological polar surface area (TPSA) is 71.1 Å². The smallest absolute Gasteiger partial charge is 0.252 e. The highest BCUT2D eigenvalue weighted by Gasteiger charge is 2.27. The molecule has 1 aromatic heterocycles. The molecule has 1 fully saturated rings. The molecule has 5 heteroatoms. The van der Waals surface area contributed by atoms with E-state index >= 15 is 0 Å². The van der Waals surface area contributed by atoms with E-state index in [9.17, 15) is 9.59 Å². The van der Waals surface area contributed by atoms with E-state index in [0.717, 1.165) is 35.9 Å². The Morgan fingerprint density at radius 3 is 2.75 bits per heavy atom. The van der Waals surface area contributed by atoms with Crippen LogP contribution in [0.15, 0.2) is 30.3 Å². The third kappa shape index (κ3) is 3.55. The fraction of sp³-hybridized carbons (Fsp3) is 0.421. The molecule has 0 bridgehead atoms. The number of hydrogen-bond acceptors (Lipinski definition) is 3. The van der Waals surface area contributed by atoms with Crippen LogP contribution in [0.2, 0.25) is 0 Å². The number of nitrogens with zero attached hydrogens (tertiary/aromatic N) is 1. The maximum atomic E-state index is 12.7. The van der Waals surface area contributed by atoms with Crippen LogP contribution in [0.5, 0.6) is 0 Å². The van der Waals surface area contributed by atoms with E-state index in [1.54, 1.807) is 6.92 Å². The number of carbonyl (C=O) groups is 2. The zero-order chi connectivity index (χ0) is 17.1. The van der Waals surface area contributed by atoms with E-state index in [-0.39, 0.29) is 11.8 Å². The molecule has 1 heterocycles. The van der Waals surface area contributed by atoms with Crippen molar-refractivity contribution in [3.63, 3.8) is 0 Å². The fourth-order valence-electron chi connectivity index (χ4n) is 2.71. The second-order valence-electron chi connectivity index (χ2n) is 6.37. The van der Waals surface area contributed by atoms with Crippen molar-refractivity contribution in [3.05, 3.63) is 41.6 Å². The van der Waals surface area contributed by atoms with Gasteiger partial charge in [0.25, 0.3) is 5.91 Å². The first kappa shape index (κ1) is 16.4. The second-order valence-corrected chi connectivity index (χ2v) is 6.37. The summed E-state index contributed by atoms with van der Waals surface area (Å²) >= 11 is 0. The Morgan fingerprint density at radius 2 is 2.04 bits per heavy atom. The molecule has 0 aliphatic heterocycles. The number of benzene rings is 1. The van der Waals surface area contributed by atoms with Crippen LogP contribution in [0.25, 0.3) is 10.9 Å². The number of pyridine rings is 1. The van der Waals surface area contributed by atoms with Gasteiger partial charge in [-0.1, -0.05) is 25.1 Å². The molecule has 2 N–H and O–H groups in total. The van der Waals surface area contributed by atoms with Gasteiger partial charge in [-0.05, 0) is 38.3 Å². The van der Waals surface area contributed by atoms with Crippen molar-refractivity contribution in [2.45, 2.75) is 45.1 Å². The molecule has 2 amide bonds. The Bertz CT molecular complexity index is 768. The molecule has 1 atom stereocenters. The minimum atomic E-state index is -0.569. The Morgan fingerprint density at radius 1 is 1.29 bits per heavy atom. The molecule has 2 aromatic rings. The largest absolute Gasteiger partial charge is 0.354 e. The van der Waals surface area contributed by atoms with Crippen molar-refractivity contribution >= 4 is 22.7 Å². The summed E-state index contributed by atoms with van der Waals surface area (Å²) in [6.07, 6.45) is 3.12. The molecule has 1 saturated carbocycles. The van der Waals surface area contributed by atoms with E-state index in [2.05, 4.69) is 15.6 Å². The van der Waals surface area contributed by atoms with Gasteiger partial charge in [-0.3, -0.25) is 14.6 Å².